The molecule has 2 aromatic heterocycles. The second kappa shape index (κ2) is 8.26. The number of benzene rings is 1. The maximum Gasteiger partial charge on any atom is 0.254 e. The maximum atomic E-state index is 13.6. The van der Waals surface area contributed by atoms with Crippen LogP contribution in [-0.4, -0.2) is 51.1 Å². The van der Waals surface area contributed by atoms with Crippen LogP contribution in [0.25, 0.3) is 22.3 Å². The number of amides is 2. The number of hydrogen-bond acceptors (Lipinski definition) is 4. The number of fused-ring (bicyclic) bond motifs is 1. The van der Waals surface area contributed by atoms with Gasteiger partial charge in [0, 0.05) is 32.2 Å². The van der Waals surface area contributed by atoms with Gasteiger partial charge < -0.3 is 10.2 Å². The number of carbonyl (C=O) groups excluding carboxylic acids is 2. The average Bonchev–Trinajstić information content (AvgIpc) is 3.07. The lowest BCUT2D eigenvalue weighted by atomic mass is 9.96. The van der Waals surface area contributed by atoms with Crippen molar-refractivity contribution in [2.45, 2.75) is 26.7 Å². The molecule has 156 valence electrons. The molecule has 30 heavy (non-hydrogen) atoms. The first-order chi connectivity index (χ1) is 14.5. The Morgan fingerprint density at radius 3 is 2.73 bits per heavy atom. The first kappa shape index (κ1) is 20.1. The minimum absolute atomic E-state index is 0.0254. The fourth-order valence-corrected chi connectivity index (χ4v) is 4.23. The van der Waals surface area contributed by atoms with Crippen LogP contribution in [0, 0.1) is 12.8 Å². The van der Waals surface area contributed by atoms with Gasteiger partial charge in [-0.05, 0) is 32.8 Å². The van der Waals surface area contributed by atoms with Crippen LogP contribution in [0.3, 0.4) is 0 Å². The smallest absolute Gasteiger partial charge is 0.254 e. The van der Waals surface area contributed by atoms with Gasteiger partial charge in [0.15, 0.2) is 5.65 Å². The minimum Gasteiger partial charge on any atom is -0.356 e. The number of likely N-dealkylation sites (tertiary alicyclic amines) is 1. The lowest BCUT2D eigenvalue weighted by molar-refractivity contribution is -0.126. The molecular weight excluding hydrogens is 378 g/mol. The summed E-state index contributed by atoms with van der Waals surface area (Å²) >= 11 is 0. The molecule has 0 bridgehead atoms. The van der Waals surface area contributed by atoms with Crippen LogP contribution in [-0.2, 0) is 11.8 Å². The Morgan fingerprint density at radius 1 is 1.23 bits per heavy atom. The van der Waals surface area contributed by atoms with Gasteiger partial charge in [0.1, 0.15) is 0 Å². The normalized spacial score (nSPS) is 16.6. The Kier molecular flexibility index (Phi) is 5.53. The first-order valence-corrected chi connectivity index (χ1v) is 10.5. The third-order valence-electron chi connectivity index (χ3n) is 5.70. The quantitative estimate of drug-likeness (QED) is 0.724. The van der Waals surface area contributed by atoms with E-state index in [-0.39, 0.29) is 17.7 Å². The third kappa shape index (κ3) is 3.67. The molecule has 0 spiro atoms. The van der Waals surface area contributed by atoms with E-state index in [1.807, 2.05) is 57.3 Å². The van der Waals surface area contributed by atoms with Crippen molar-refractivity contribution in [1.29, 1.82) is 0 Å². The summed E-state index contributed by atoms with van der Waals surface area (Å²) in [6.45, 7) is 5.50. The second-order valence-electron chi connectivity index (χ2n) is 7.81. The number of pyridine rings is 1. The van der Waals surface area contributed by atoms with Gasteiger partial charge in [-0.25, -0.2) is 4.98 Å². The van der Waals surface area contributed by atoms with E-state index < -0.39 is 0 Å². The predicted octanol–water partition coefficient (Wildman–Crippen LogP) is 2.93. The van der Waals surface area contributed by atoms with E-state index in [4.69, 9.17) is 4.98 Å². The van der Waals surface area contributed by atoms with E-state index in [2.05, 4.69) is 10.4 Å². The highest BCUT2D eigenvalue weighted by Gasteiger charge is 2.30. The Hall–Kier alpha value is -3.22. The molecule has 1 fully saturated rings. The standard InChI is InChI=1S/C23H27N5O2/c1-4-24-22(29)17-11-8-12-28(14-17)23(30)18-13-19(16-9-6-5-7-10-16)25-21-20(18)15(2)26-27(21)3/h5-7,9-10,13,17H,4,8,11-12,14H2,1-3H3,(H,24,29). The van der Waals surface area contributed by atoms with E-state index in [0.29, 0.717) is 30.8 Å². The molecule has 1 aromatic carbocycles. The fraction of sp³-hybridized carbons (Fsp3) is 0.391. The molecule has 4 rings (SSSR count). The number of piperidine rings is 1. The van der Waals surface area contributed by atoms with Crippen LogP contribution in [0.15, 0.2) is 36.4 Å². The average molecular weight is 406 g/mol. The monoisotopic (exact) mass is 405 g/mol. The zero-order chi connectivity index (χ0) is 21.3. The number of nitrogens with one attached hydrogen (secondary N) is 1. The summed E-state index contributed by atoms with van der Waals surface area (Å²) < 4.78 is 1.72. The van der Waals surface area contributed by atoms with Crippen LogP contribution in [0.1, 0.15) is 35.8 Å². The SMILES string of the molecule is CCNC(=O)C1CCCN(C(=O)c2cc(-c3ccccc3)nc3c2c(C)nn3C)C1. The Labute approximate surface area is 176 Å². The van der Waals surface area contributed by atoms with Crippen LogP contribution in [0.5, 0.6) is 0 Å². The summed E-state index contributed by atoms with van der Waals surface area (Å²) in [4.78, 5) is 32.5. The van der Waals surface area contributed by atoms with Crippen molar-refractivity contribution < 1.29 is 9.59 Å². The molecule has 0 aliphatic carbocycles. The third-order valence-corrected chi connectivity index (χ3v) is 5.70. The van der Waals surface area contributed by atoms with E-state index >= 15 is 0 Å². The predicted molar refractivity (Wildman–Crippen MR) is 116 cm³/mol. The molecule has 1 aliphatic heterocycles. The number of aromatic nitrogens is 3. The molecule has 1 saturated heterocycles. The summed E-state index contributed by atoms with van der Waals surface area (Å²) in [6, 6.07) is 11.7. The zero-order valence-corrected chi connectivity index (χ0v) is 17.7. The van der Waals surface area contributed by atoms with Crippen LogP contribution in [0.2, 0.25) is 0 Å². The fourth-order valence-electron chi connectivity index (χ4n) is 4.23. The van der Waals surface area contributed by atoms with E-state index in [1.54, 1.807) is 9.58 Å². The summed E-state index contributed by atoms with van der Waals surface area (Å²) in [7, 11) is 1.84. The van der Waals surface area contributed by atoms with Crippen LogP contribution < -0.4 is 5.32 Å². The van der Waals surface area contributed by atoms with Crippen molar-refractivity contribution in [2.75, 3.05) is 19.6 Å². The maximum absolute atomic E-state index is 13.6. The summed E-state index contributed by atoms with van der Waals surface area (Å²) in [5.41, 5.74) is 3.76. The van der Waals surface area contributed by atoms with Crippen LogP contribution in [0.4, 0.5) is 0 Å². The van der Waals surface area contributed by atoms with Gasteiger partial charge in [0.05, 0.1) is 28.3 Å². The zero-order valence-electron chi connectivity index (χ0n) is 17.7. The molecule has 0 saturated carbocycles. The van der Waals surface area contributed by atoms with Gasteiger partial charge in [-0.2, -0.15) is 5.10 Å². The highest BCUT2D eigenvalue weighted by Crippen LogP contribution is 2.29. The van der Waals surface area contributed by atoms with Crippen molar-refractivity contribution in [3.8, 4) is 11.3 Å². The molecule has 7 nitrogen and oxygen atoms in total. The van der Waals surface area contributed by atoms with Gasteiger partial charge in [-0.15, -0.1) is 0 Å². The Morgan fingerprint density at radius 2 is 2.00 bits per heavy atom. The summed E-state index contributed by atoms with van der Waals surface area (Å²) in [6.07, 6.45) is 1.63. The van der Waals surface area contributed by atoms with Crippen molar-refractivity contribution in [3.63, 3.8) is 0 Å². The molecule has 7 heteroatoms. The Balaban J connectivity index is 1.75. The van der Waals surface area contributed by atoms with E-state index in [9.17, 15) is 9.59 Å². The van der Waals surface area contributed by atoms with Crippen molar-refractivity contribution in [3.05, 3.63) is 47.7 Å². The number of hydrogen-bond donors (Lipinski definition) is 1. The van der Waals surface area contributed by atoms with E-state index in [0.717, 1.165) is 35.2 Å². The van der Waals surface area contributed by atoms with Gasteiger partial charge >= 0.3 is 0 Å². The molecule has 3 heterocycles. The largest absolute Gasteiger partial charge is 0.356 e. The Bertz CT molecular complexity index is 1090. The highest BCUT2D eigenvalue weighted by atomic mass is 16.2. The molecule has 2 amide bonds. The molecule has 1 N–H and O–H groups in total. The molecular formula is C23H27N5O2. The lowest BCUT2D eigenvalue weighted by Crippen LogP contribution is -2.45. The van der Waals surface area contributed by atoms with Crippen molar-refractivity contribution in [2.24, 2.45) is 13.0 Å². The first-order valence-electron chi connectivity index (χ1n) is 10.5. The topological polar surface area (TPSA) is 80.1 Å². The minimum atomic E-state index is -0.163. The number of carbonyl (C=O) groups is 2. The van der Waals surface area contributed by atoms with Gasteiger partial charge in [-0.3, -0.25) is 14.3 Å². The highest BCUT2D eigenvalue weighted by molar-refractivity contribution is 6.07. The van der Waals surface area contributed by atoms with Crippen molar-refractivity contribution in [1.82, 2.24) is 25.0 Å². The second-order valence-corrected chi connectivity index (χ2v) is 7.81. The summed E-state index contributed by atoms with van der Waals surface area (Å²) in [5.74, 6) is -0.203. The number of rotatable bonds is 4. The van der Waals surface area contributed by atoms with Gasteiger partial charge in [0.2, 0.25) is 5.91 Å². The number of nitrogens with zero attached hydrogens (tertiary/aromatic N) is 4. The molecule has 1 atom stereocenters. The number of aryl methyl sites for hydroxylation is 2. The lowest BCUT2D eigenvalue weighted by Gasteiger charge is -2.32. The van der Waals surface area contributed by atoms with E-state index in [1.165, 1.54) is 0 Å². The van der Waals surface area contributed by atoms with Gasteiger partial charge in [0.25, 0.3) is 5.91 Å². The molecule has 3 aromatic rings. The van der Waals surface area contributed by atoms with Crippen molar-refractivity contribution >= 4 is 22.8 Å². The van der Waals surface area contributed by atoms with Gasteiger partial charge in [-0.1, -0.05) is 30.3 Å². The van der Waals surface area contributed by atoms with Crippen LogP contribution >= 0.6 is 0 Å². The molecule has 1 aliphatic rings. The molecule has 1 unspecified atom stereocenters. The molecule has 0 radical (unpaired) electrons. The summed E-state index contributed by atoms with van der Waals surface area (Å²) in [5, 5.41) is 8.17.